The molecule has 1 fully saturated rings. The van der Waals surface area contributed by atoms with Crippen molar-refractivity contribution in [3.05, 3.63) is 35.6 Å². The summed E-state index contributed by atoms with van der Waals surface area (Å²) in [5, 5.41) is 9.54. The first-order chi connectivity index (χ1) is 9.17. The maximum Gasteiger partial charge on any atom is 0.123 e. The molecular weight excluding hydrogens is 237 g/mol. The Morgan fingerprint density at radius 2 is 2.11 bits per heavy atom. The molecule has 0 bridgehead atoms. The molecule has 1 aliphatic carbocycles. The van der Waals surface area contributed by atoms with Gasteiger partial charge in [-0.25, -0.2) is 4.39 Å². The van der Waals surface area contributed by atoms with Gasteiger partial charge in [-0.1, -0.05) is 31.9 Å². The Kier molecular flexibility index (Phi) is 4.58. The van der Waals surface area contributed by atoms with Crippen LogP contribution in [0, 0.1) is 28.5 Å². The maximum atomic E-state index is 13.2. The lowest BCUT2D eigenvalue weighted by Crippen LogP contribution is -2.28. The fraction of sp³-hybridized carbons (Fsp3) is 0.588. The van der Waals surface area contributed by atoms with E-state index in [0.29, 0.717) is 6.42 Å². The van der Waals surface area contributed by atoms with Gasteiger partial charge in [-0.15, -0.1) is 0 Å². The standard InChI is InChI=1S/C17H22FN/c1-2-4-14-7-9-17(13-19,10-8-14)12-15-5-3-6-16(18)11-15/h3,5-6,11,14H,2,4,7-10,12H2,1H3. The van der Waals surface area contributed by atoms with Gasteiger partial charge in [0.2, 0.25) is 0 Å². The van der Waals surface area contributed by atoms with Crippen LogP contribution in [-0.2, 0) is 6.42 Å². The summed E-state index contributed by atoms with van der Waals surface area (Å²) in [7, 11) is 0. The summed E-state index contributed by atoms with van der Waals surface area (Å²) in [4.78, 5) is 0. The number of nitriles is 1. The van der Waals surface area contributed by atoms with Gasteiger partial charge < -0.3 is 0 Å². The molecular formula is C17H22FN. The van der Waals surface area contributed by atoms with Crippen LogP contribution >= 0.6 is 0 Å². The Bertz CT molecular complexity index is 453. The smallest absolute Gasteiger partial charge is 0.123 e. The lowest BCUT2D eigenvalue weighted by molar-refractivity contribution is 0.200. The average molecular weight is 259 g/mol. The SMILES string of the molecule is CCCC1CCC(C#N)(Cc2cccc(F)c2)CC1. The van der Waals surface area contributed by atoms with Gasteiger partial charge in [0.25, 0.3) is 0 Å². The van der Waals surface area contributed by atoms with Crippen LogP contribution in [0.15, 0.2) is 24.3 Å². The van der Waals surface area contributed by atoms with Gasteiger partial charge in [0, 0.05) is 0 Å². The molecule has 1 aromatic carbocycles. The normalized spacial score (nSPS) is 26.9. The summed E-state index contributed by atoms with van der Waals surface area (Å²) in [6, 6.07) is 9.22. The molecule has 0 N–H and O–H groups in total. The predicted molar refractivity (Wildman–Crippen MR) is 75.0 cm³/mol. The fourth-order valence-electron chi connectivity index (χ4n) is 3.29. The maximum absolute atomic E-state index is 13.2. The van der Waals surface area contributed by atoms with Crippen molar-refractivity contribution in [2.75, 3.05) is 0 Å². The van der Waals surface area contributed by atoms with Crippen LogP contribution < -0.4 is 0 Å². The highest BCUT2D eigenvalue weighted by atomic mass is 19.1. The second-order valence-electron chi connectivity index (χ2n) is 5.93. The molecule has 0 amide bonds. The Morgan fingerprint density at radius 3 is 2.68 bits per heavy atom. The van der Waals surface area contributed by atoms with E-state index in [4.69, 9.17) is 0 Å². The van der Waals surface area contributed by atoms with Gasteiger partial charge in [0.1, 0.15) is 5.82 Å². The number of rotatable bonds is 4. The zero-order valence-electron chi connectivity index (χ0n) is 11.7. The highest BCUT2D eigenvalue weighted by Crippen LogP contribution is 2.42. The van der Waals surface area contributed by atoms with Crippen LogP contribution in [0.1, 0.15) is 51.0 Å². The van der Waals surface area contributed by atoms with Crippen LogP contribution in [0.3, 0.4) is 0 Å². The quantitative estimate of drug-likeness (QED) is 0.756. The Labute approximate surface area is 115 Å². The van der Waals surface area contributed by atoms with Crippen molar-refractivity contribution in [3.8, 4) is 6.07 Å². The van der Waals surface area contributed by atoms with Crippen LogP contribution in [0.2, 0.25) is 0 Å². The number of hydrogen-bond donors (Lipinski definition) is 0. The minimum atomic E-state index is -0.266. The largest absolute Gasteiger partial charge is 0.207 e. The first-order valence-electron chi connectivity index (χ1n) is 7.33. The first kappa shape index (κ1) is 14.1. The Hall–Kier alpha value is -1.36. The van der Waals surface area contributed by atoms with E-state index in [0.717, 1.165) is 37.2 Å². The van der Waals surface area contributed by atoms with Gasteiger partial charge in [0.05, 0.1) is 11.5 Å². The third-order valence-corrected chi connectivity index (χ3v) is 4.43. The number of benzene rings is 1. The molecule has 0 atom stereocenters. The van der Waals surface area contributed by atoms with E-state index in [1.54, 1.807) is 12.1 Å². The molecule has 1 nitrogen and oxygen atoms in total. The minimum Gasteiger partial charge on any atom is -0.207 e. The summed E-state index contributed by atoms with van der Waals surface area (Å²) < 4.78 is 13.2. The molecule has 102 valence electrons. The Morgan fingerprint density at radius 1 is 1.37 bits per heavy atom. The molecule has 2 rings (SSSR count). The topological polar surface area (TPSA) is 23.8 Å². The predicted octanol–water partition coefficient (Wildman–Crippen LogP) is 4.87. The van der Waals surface area contributed by atoms with Gasteiger partial charge in [-0.3, -0.25) is 0 Å². The summed E-state index contributed by atoms with van der Waals surface area (Å²) in [5.74, 6) is 0.587. The van der Waals surface area contributed by atoms with Crippen molar-refractivity contribution in [1.82, 2.24) is 0 Å². The van der Waals surface area contributed by atoms with E-state index in [2.05, 4.69) is 13.0 Å². The van der Waals surface area contributed by atoms with Gasteiger partial charge >= 0.3 is 0 Å². The summed E-state index contributed by atoms with van der Waals surface area (Å²) in [6.45, 7) is 2.22. The molecule has 0 aromatic heterocycles. The van der Waals surface area contributed by atoms with Gasteiger partial charge in [-0.2, -0.15) is 5.26 Å². The summed E-state index contributed by atoms with van der Waals surface area (Å²) >= 11 is 0. The molecule has 0 heterocycles. The van der Waals surface area contributed by atoms with E-state index in [9.17, 15) is 9.65 Å². The highest BCUT2D eigenvalue weighted by molar-refractivity contribution is 5.21. The monoisotopic (exact) mass is 259 g/mol. The molecule has 2 heteroatoms. The number of hydrogen-bond acceptors (Lipinski definition) is 1. The van der Waals surface area contributed by atoms with E-state index < -0.39 is 0 Å². The van der Waals surface area contributed by atoms with E-state index in [1.807, 2.05) is 6.07 Å². The third kappa shape index (κ3) is 3.56. The average Bonchev–Trinajstić information content (AvgIpc) is 2.42. The molecule has 1 aliphatic rings. The summed E-state index contributed by atoms with van der Waals surface area (Å²) in [5.41, 5.74) is 0.688. The lowest BCUT2D eigenvalue weighted by Gasteiger charge is -2.35. The van der Waals surface area contributed by atoms with Crippen LogP contribution in [0.25, 0.3) is 0 Å². The minimum absolute atomic E-state index is 0.203. The van der Waals surface area contributed by atoms with Crippen molar-refractivity contribution in [1.29, 1.82) is 5.26 Å². The van der Waals surface area contributed by atoms with Gasteiger partial charge in [-0.05, 0) is 55.7 Å². The number of nitrogens with zero attached hydrogens (tertiary/aromatic N) is 1. The van der Waals surface area contributed by atoms with Crippen molar-refractivity contribution in [2.24, 2.45) is 11.3 Å². The van der Waals surface area contributed by atoms with Crippen molar-refractivity contribution in [3.63, 3.8) is 0 Å². The second-order valence-corrected chi connectivity index (χ2v) is 5.93. The lowest BCUT2D eigenvalue weighted by atomic mass is 9.67. The van der Waals surface area contributed by atoms with Crippen LogP contribution in [-0.4, -0.2) is 0 Å². The van der Waals surface area contributed by atoms with E-state index in [1.165, 1.54) is 18.9 Å². The molecule has 0 spiro atoms. The van der Waals surface area contributed by atoms with Crippen molar-refractivity contribution >= 4 is 0 Å². The van der Waals surface area contributed by atoms with Crippen LogP contribution in [0.4, 0.5) is 4.39 Å². The molecule has 0 saturated heterocycles. The van der Waals surface area contributed by atoms with E-state index >= 15 is 0 Å². The molecule has 0 unspecified atom stereocenters. The third-order valence-electron chi connectivity index (χ3n) is 4.43. The van der Waals surface area contributed by atoms with Crippen LogP contribution in [0.5, 0.6) is 0 Å². The zero-order chi connectivity index (χ0) is 13.7. The molecule has 1 saturated carbocycles. The number of halogens is 1. The molecule has 19 heavy (non-hydrogen) atoms. The van der Waals surface area contributed by atoms with Gasteiger partial charge in [0.15, 0.2) is 0 Å². The van der Waals surface area contributed by atoms with Crippen molar-refractivity contribution in [2.45, 2.75) is 51.9 Å². The Balaban J connectivity index is 2.03. The second kappa shape index (κ2) is 6.19. The van der Waals surface area contributed by atoms with E-state index in [-0.39, 0.29) is 11.2 Å². The zero-order valence-corrected chi connectivity index (χ0v) is 11.7. The highest BCUT2D eigenvalue weighted by Gasteiger charge is 2.35. The first-order valence-corrected chi connectivity index (χ1v) is 7.33. The van der Waals surface area contributed by atoms with Crippen molar-refractivity contribution < 1.29 is 4.39 Å². The molecule has 1 aromatic rings. The molecule has 0 aliphatic heterocycles. The molecule has 0 radical (unpaired) electrons. The summed E-state index contributed by atoms with van der Waals surface area (Å²) in [6.07, 6.45) is 7.43. The fourth-order valence-corrected chi connectivity index (χ4v) is 3.29.